The van der Waals surface area contributed by atoms with Gasteiger partial charge in [-0.2, -0.15) is 0 Å². The fourth-order valence-corrected chi connectivity index (χ4v) is 2.80. The van der Waals surface area contributed by atoms with Crippen molar-refractivity contribution in [1.29, 1.82) is 0 Å². The topological polar surface area (TPSA) is 67.9 Å². The summed E-state index contributed by atoms with van der Waals surface area (Å²) < 4.78 is 10.9. The van der Waals surface area contributed by atoms with E-state index in [-0.39, 0.29) is 17.7 Å². The van der Waals surface area contributed by atoms with E-state index in [2.05, 4.69) is 5.32 Å². The van der Waals surface area contributed by atoms with Crippen LogP contribution in [-0.2, 0) is 14.3 Å². The molecule has 6 nitrogen and oxygen atoms in total. The number of hydrogen-bond donors (Lipinski definition) is 1. The average Bonchev–Trinajstić information content (AvgIpc) is 2.60. The van der Waals surface area contributed by atoms with Crippen LogP contribution in [-0.4, -0.2) is 44.7 Å². The normalized spacial score (nSPS) is 14.9. The fraction of sp³-hybridized carbons (Fsp3) is 0.556. The molecule has 1 N–H and O–H groups in total. The zero-order chi connectivity index (χ0) is 17.4. The van der Waals surface area contributed by atoms with Crippen LogP contribution in [0, 0.1) is 5.92 Å². The Morgan fingerprint density at radius 2 is 2.00 bits per heavy atom. The third-order valence-electron chi connectivity index (χ3n) is 4.06. The number of nitrogens with zero attached hydrogens (tertiary/aromatic N) is 1. The highest BCUT2D eigenvalue weighted by Gasteiger charge is 2.22. The molecule has 1 heterocycles. The maximum atomic E-state index is 12.2. The number of ether oxygens (including phenoxy) is 2. The smallest absolute Gasteiger partial charge is 0.224 e. The summed E-state index contributed by atoms with van der Waals surface area (Å²) in [6.07, 6.45) is 1.52. The number of nitrogens with one attached hydrogen (secondary N) is 1. The molecule has 0 unspecified atom stereocenters. The number of rotatable bonds is 7. The van der Waals surface area contributed by atoms with E-state index in [4.69, 9.17) is 9.47 Å². The molecule has 6 heteroatoms. The Hall–Kier alpha value is -2.08. The molecule has 1 saturated heterocycles. The van der Waals surface area contributed by atoms with Gasteiger partial charge in [0.1, 0.15) is 5.75 Å². The molecule has 0 spiro atoms. The lowest BCUT2D eigenvalue weighted by Crippen LogP contribution is -2.40. The van der Waals surface area contributed by atoms with E-state index in [0.29, 0.717) is 38.7 Å². The van der Waals surface area contributed by atoms with Gasteiger partial charge in [-0.25, -0.2) is 0 Å². The highest BCUT2D eigenvalue weighted by molar-refractivity contribution is 5.93. The average molecular weight is 334 g/mol. The van der Waals surface area contributed by atoms with Crippen molar-refractivity contribution in [3.63, 3.8) is 0 Å². The first-order valence-electron chi connectivity index (χ1n) is 8.49. The minimum absolute atomic E-state index is 0.0141. The van der Waals surface area contributed by atoms with Crippen LogP contribution < -0.4 is 15.0 Å². The number of benzene rings is 1. The summed E-state index contributed by atoms with van der Waals surface area (Å²) in [7, 11) is 0. The Morgan fingerprint density at radius 1 is 1.29 bits per heavy atom. The van der Waals surface area contributed by atoms with Crippen molar-refractivity contribution in [2.24, 2.45) is 5.92 Å². The predicted molar refractivity (Wildman–Crippen MR) is 92.2 cm³/mol. The van der Waals surface area contributed by atoms with Gasteiger partial charge >= 0.3 is 0 Å². The third-order valence-corrected chi connectivity index (χ3v) is 4.06. The number of para-hydroxylation sites is 2. The van der Waals surface area contributed by atoms with Crippen LogP contribution in [0.5, 0.6) is 5.75 Å². The first-order chi connectivity index (χ1) is 11.6. The molecule has 1 aliphatic heterocycles. The summed E-state index contributed by atoms with van der Waals surface area (Å²) in [4.78, 5) is 25.8. The summed E-state index contributed by atoms with van der Waals surface area (Å²) >= 11 is 0. The molecule has 1 aromatic carbocycles. The lowest BCUT2D eigenvalue weighted by atomic mass is 9.99. The van der Waals surface area contributed by atoms with Gasteiger partial charge in [0.15, 0.2) is 0 Å². The maximum absolute atomic E-state index is 12.2. The number of carbonyl (C=O) groups is 2. The van der Waals surface area contributed by atoms with Crippen LogP contribution in [0.15, 0.2) is 24.3 Å². The van der Waals surface area contributed by atoms with E-state index in [1.807, 2.05) is 31.2 Å². The van der Waals surface area contributed by atoms with Crippen molar-refractivity contribution in [2.45, 2.75) is 26.7 Å². The zero-order valence-corrected chi connectivity index (χ0v) is 14.4. The molecule has 0 bridgehead atoms. The Kier molecular flexibility index (Phi) is 7.06. The standard InChI is InChI=1S/C18H26N2O4/c1-3-24-17-7-5-4-6-16(17)20(14(2)21)11-10-19-18(22)15-8-12-23-13-9-15/h4-7,15H,3,8-13H2,1-2H3,(H,19,22). The molecule has 2 amide bonds. The lowest BCUT2D eigenvalue weighted by Gasteiger charge is -2.25. The van der Waals surface area contributed by atoms with E-state index in [1.165, 1.54) is 6.92 Å². The van der Waals surface area contributed by atoms with Gasteiger partial charge in [0.05, 0.1) is 12.3 Å². The van der Waals surface area contributed by atoms with E-state index in [0.717, 1.165) is 18.5 Å². The van der Waals surface area contributed by atoms with Crippen LogP contribution in [0.2, 0.25) is 0 Å². The van der Waals surface area contributed by atoms with Crippen molar-refractivity contribution in [2.75, 3.05) is 37.8 Å². The largest absolute Gasteiger partial charge is 0.492 e. The maximum Gasteiger partial charge on any atom is 0.224 e. The Labute approximate surface area is 143 Å². The molecule has 0 radical (unpaired) electrons. The molecule has 132 valence electrons. The lowest BCUT2D eigenvalue weighted by molar-refractivity contribution is -0.127. The Bertz CT molecular complexity index is 556. The van der Waals surface area contributed by atoms with Gasteiger partial charge in [-0.1, -0.05) is 12.1 Å². The van der Waals surface area contributed by atoms with Crippen molar-refractivity contribution < 1.29 is 19.1 Å². The molecule has 2 rings (SSSR count). The van der Waals surface area contributed by atoms with E-state index in [1.54, 1.807) is 4.90 Å². The molecule has 0 aliphatic carbocycles. The molecule has 1 fully saturated rings. The van der Waals surface area contributed by atoms with Crippen LogP contribution in [0.4, 0.5) is 5.69 Å². The van der Waals surface area contributed by atoms with Crippen LogP contribution in [0.3, 0.4) is 0 Å². The molecule has 0 saturated carbocycles. The highest BCUT2D eigenvalue weighted by atomic mass is 16.5. The van der Waals surface area contributed by atoms with E-state index >= 15 is 0 Å². The van der Waals surface area contributed by atoms with Gasteiger partial charge in [-0.05, 0) is 31.9 Å². The molecule has 0 aromatic heterocycles. The zero-order valence-electron chi connectivity index (χ0n) is 14.4. The summed E-state index contributed by atoms with van der Waals surface area (Å²) in [6.45, 7) is 6.05. The first-order valence-corrected chi connectivity index (χ1v) is 8.49. The minimum atomic E-state index is -0.0810. The van der Waals surface area contributed by atoms with Crippen LogP contribution in [0.25, 0.3) is 0 Å². The van der Waals surface area contributed by atoms with Crippen molar-refractivity contribution in [3.8, 4) is 5.75 Å². The Morgan fingerprint density at radius 3 is 2.67 bits per heavy atom. The van der Waals surface area contributed by atoms with Crippen molar-refractivity contribution >= 4 is 17.5 Å². The second-order valence-corrected chi connectivity index (χ2v) is 5.75. The molecular weight excluding hydrogens is 308 g/mol. The fourth-order valence-electron chi connectivity index (χ4n) is 2.80. The van der Waals surface area contributed by atoms with Gasteiger partial charge in [-0.15, -0.1) is 0 Å². The van der Waals surface area contributed by atoms with Crippen LogP contribution in [0.1, 0.15) is 26.7 Å². The van der Waals surface area contributed by atoms with E-state index < -0.39 is 0 Å². The molecule has 24 heavy (non-hydrogen) atoms. The van der Waals surface area contributed by atoms with Crippen LogP contribution >= 0.6 is 0 Å². The SMILES string of the molecule is CCOc1ccccc1N(CCNC(=O)C1CCOCC1)C(C)=O. The molecule has 0 atom stereocenters. The summed E-state index contributed by atoms with van der Waals surface area (Å²) in [5, 5.41) is 2.93. The van der Waals surface area contributed by atoms with Gasteiger partial charge in [0.2, 0.25) is 11.8 Å². The number of amides is 2. The van der Waals surface area contributed by atoms with Crippen molar-refractivity contribution in [1.82, 2.24) is 5.32 Å². The predicted octanol–water partition coefficient (Wildman–Crippen LogP) is 1.98. The summed E-state index contributed by atoms with van der Waals surface area (Å²) in [5.41, 5.74) is 0.729. The number of carbonyl (C=O) groups excluding carboxylic acids is 2. The molecule has 1 aromatic rings. The first kappa shape index (κ1) is 18.3. The molecule has 1 aliphatic rings. The monoisotopic (exact) mass is 334 g/mol. The minimum Gasteiger partial charge on any atom is -0.492 e. The van der Waals surface area contributed by atoms with E-state index in [9.17, 15) is 9.59 Å². The Balaban J connectivity index is 1.94. The highest BCUT2D eigenvalue weighted by Crippen LogP contribution is 2.28. The molecular formula is C18H26N2O4. The summed E-state index contributed by atoms with van der Waals surface area (Å²) in [6, 6.07) is 7.44. The second-order valence-electron chi connectivity index (χ2n) is 5.75. The van der Waals surface area contributed by atoms with Gasteiger partial charge < -0.3 is 19.7 Å². The number of anilines is 1. The second kappa shape index (κ2) is 9.27. The van der Waals surface area contributed by atoms with Gasteiger partial charge in [0, 0.05) is 39.1 Å². The van der Waals surface area contributed by atoms with Gasteiger partial charge in [0.25, 0.3) is 0 Å². The van der Waals surface area contributed by atoms with Crippen molar-refractivity contribution in [3.05, 3.63) is 24.3 Å². The summed E-state index contributed by atoms with van der Waals surface area (Å²) in [5.74, 6) is 0.647. The van der Waals surface area contributed by atoms with Gasteiger partial charge in [-0.3, -0.25) is 9.59 Å². The quantitative estimate of drug-likeness (QED) is 0.828. The number of hydrogen-bond acceptors (Lipinski definition) is 4. The third kappa shape index (κ3) is 4.96.